The topological polar surface area (TPSA) is 46.5 Å². The van der Waals surface area contributed by atoms with Crippen LogP contribution in [0.2, 0.25) is 0 Å². The van der Waals surface area contributed by atoms with Crippen LogP contribution < -0.4 is 0 Å². The van der Waals surface area contributed by atoms with Gasteiger partial charge in [-0.05, 0) is 31.6 Å². The number of fused-ring (bicyclic) bond motifs is 2. The van der Waals surface area contributed by atoms with E-state index >= 15 is 0 Å². The first-order chi connectivity index (χ1) is 7.00. The summed E-state index contributed by atoms with van der Waals surface area (Å²) in [4.78, 5) is 11.4. The highest BCUT2D eigenvalue weighted by Crippen LogP contribution is 2.49. The predicted molar refractivity (Wildman–Crippen MR) is 56.1 cm³/mol. The molecule has 0 spiro atoms. The van der Waals surface area contributed by atoms with Crippen molar-refractivity contribution in [2.24, 2.45) is 17.8 Å². The molecule has 2 fully saturated rings. The molecule has 0 radical (unpaired) electrons. The van der Waals surface area contributed by atoms with Gasteiger partial charge in [0.2, 0.25) is 0 Å². The lowest BCUT2D eigenvalue weighted by molar-refractivity contribution is -0.150. The highest BCUT2D eigenvalue weighted by atomic mass is 16.5. The van der Waals surface area contributed by atoms with E-state index in [9.17, 15) is 9.90 Å². The predicted octanol–water partition coefficient (Wildman–Crippen LogP) is 1.51. The highest BCUT2D eigenvalue weighted by Gasteiger charge is 2.51. The molecule has 5 unspecified atom stereocenters. The monoisotopic (exact) mass is 210 g/mol. The number of esters is 1. The lowest BCUT2D eigenvalue weighted by Crippen LogP contribution is -2.36. The maximum atomic E-state index is 11.4. The summed E-state index contributed by atoms with van der Waals surface area (Å²) in [5.74, 6) is 0.698. The Labute approximate surface area is 90.1 Å². The molecule has 15 heavy (non-hydrogen) atoms. The summed E-state index contributed by atoms with van der Waals surface area (Å²) in [6.07, 6.45) is 1.51. The van der Waals surface area contributed by atoms with Gasteiger partial charge in [0.1, 0.15) is 6.10 Å². The van der Waals surface area contributed by atoms with Crippen LogP contribution in [0.4, 0.5) is 0 Å². The number of hydrogen-bond acceptors (Lipinski definition) is 3. The normalized spacial score (nSPS) is 43.0. The number of ether oxygens (including phenoxy) is 1. The Morgan fingerprint density at radius 3 is 2.60 bits per heavy atom. The average Bonchev–Trinajstić information content (AvgIpc) is 2.68. The Kier molecular flexibility index (Phi) is 2.59. The molecule has 0 aromatic rings. The van der Waals surface area contributed by atoms with E-state index in [2.05, 4.69) is 13.5 Å². The molecule has 2 aliphatic carbocycles. The number of aliphatic hydroxyl groups excluding tert-OH is 1. The Morgan fingerprint density at radius 2 is 2.13 bits per heavy atom. The van der Waals surface area contributed by atoms with Gasteiger partial charge in [0, 0.05) is 11.5 Å². The van der Waals surface area contributed by atoms with Gasteiger partial charge in [0.25, 0.3) is 0 Å². The first kappa shape index (κ1) is 10.7. The molecular formula is C12H18O3. The van der Waals surface area contributed by atoms with Crippen LogP contribution in [0.15, 0.2) is 12.2 Å². The molecule has 0 saturated heterocycles. The van der Waals surface area contributed by atoms with E-state index in [4.69, 9.17) is 4.74 Å². The molecule has 2 bridgehead atoms. The number of carbonyl (C=O) groups is 1. The van der Waals surface area contributed by atoms with Gasteiger partial charge in [-0.25, -0.2) is 4.79 Å². The smallest absolute Gasteiger partial charge is 0.333 e. The zero-order valence-corrected chi connectivity index (χ0v) is 9.27. The van der Waals surface area contributed by atoms with E-state index in [1.54, 1.807) is 6.92 Å². The molecule has 3 nitrogen and oxygen atoms in total. The Bertz CT molecular complexity index is 295. The molecule has 2 aliphatic rings. The van der Waals surface area contributed by atoms with Crippen molar-refractivity contribution in [2.45, 2.75) is 38.9 Å². The summed E-state index contributed by atoms with van der Waals surface area (Å²) in [6.45, 7) is 7.28. The minimum atomic E-state index is -0.326. The molecule has 0 aromatic carbocycles. The van der Waals surface area contributed by atoms with Crippen molar-refractivity contribution in [3.05, 3.63) is 12.2 Å². The number of hydrogen-bond donors (Lipinski definition) is 1. The van der Waals surface area contributed by atoms with Crippen LogP contribution >= 0.6 is 0 Å². The van der Waals surface area contributed by atoms with Crippen molar-refractivity contribution >= 4 is 5.97 Å². The largest absolute Gasteiger partial charge is 0.459 e. The molecular weight excluding hydrogens is 192 g/mol. The average molecular weight is 210 g/mol. The summed E-state index contributed by atoms with van der Waals surface area (Å²) in [5, 5.41) is 9.90. The second kappa shape index (κ2) is 3.63. The van der Waals surface area contributed by atoms with Gasteiger partial charge in [0.05, 0.1) is 6.10 Å². The van der Waals surface area contributed by atoms with E-state index < -0.39 is 0 Å². The molecule has 0 heterocycles. The highest BCUT2D eigenvalue weighted by molar-refractivity contribution is 5.87. The lowest BCUT2D eigenvalue weighted by Gasteiger charge is -2.30. The summed E-state index contributed by atoms with van der Waals surface area (Å²) < 4.78 is 5.33. The van der Waals surface area contributed by atoms with Crippen molar-refractivity contribution in [1.29, 1.82) is 0 Å². The quantitative estimate of drug-likeness (QED) is 0.555. The van der Waals surface area contributed by atoms with Gasteiger partial charge in [-0.1, -0.05) is 13.5 Å². The number of carbonyl (C=O) groups excluding carboxylic acids is 1. The molecule has 0 aromatic heterocycles. The Hall–Kier alpha value is -0.830. The molecule has 2 saturated carbocycles. The molecule has 0 amide bonds. The van der Waals surface area contributed by atoms with Crippen LogP contribution in [0.5, 0.6) is 0 Å². The fourth-order valence-corrected chi connectivity index (χ4v) is 2.90. The van der Waals surface area contributed by atoms with E-state index in [1.165, 1.54) is 0 Å². The van der Waals surface area contributed by atoms with Crippen molar-refractivity contribution in [2.75, 3.05) is 0 Å². The third-order valence-electron chi connectivity index (χ3n) is 3.92. The van der Waals surface area contributed by atoms with Crippen molar-refractivity contribution < 1.29 is 14.6 Å². The van der Waals surface area contributed by atoms with E-state index in [1.807, 2.05) is 0 Å². The third-order valence-corrected chi connectivity index (χ3v) is 3.92. The van der Waals surface area contributed by atoms with Crippen LogP contribution in [-0.2, 0) is 9.53 Å². The summed E-state index contributed by atoms with van der Waals surface area (Å²) >= 11 is 0. The van der Waals surface area contributed by atoms with Gasteiger partial charge in [-0.15, -0.1) is 0 Å². The van der Waals surface area contributed by atoms with Crippen LogP contribution in [-0.4, -0.2) is 23.3 Å². The maximum absolute atomic E-state index is 11.4. The Morgan fingerprint density at radius 1 is 1.47 bits per heavy atom. The second-order valence-electron chi connectivity index (χ2n) is 4.97. The van der Waals surface area contributed by atoms with E-state index in [0.29, 0.717) is 17.4 Å². The SMILES string of the molecule is C=C(C)C(=O)OC1CC2CC1C(O)C2C. The second-order valence-corrected chi connectivity index (χ2v) is 4.97. The van der Waals surface area contributed by atoms with Gasteiger partial charge in [0.15, 0.2) is 0 Å². The van der Waals surface area contributed by atoms with E-state index in [0.717, 1.165) is 12.8 Å². The molecule has 1 N–H and O–H groups in total. The van der Waals surface area contributed by atoms with Gasteiger partial charge >= 0.3 is 5.97 Å². The fraction of sp³-hybridized carbons (Fsp3) is 0.750. The van der Waals surface area contributed by atoms with Crippen LogP contribution in [0, 0.1) is 17.8 Å². The number of aliphatic hydroxyl groups is 1. The molecule has 3 heteroatoms. The van der Waals surface area contributed by atoms with Crippen LogP contribution in [0.3, 0.4) is 0 Å². The molecule has 2 rings (SSSR count). The van der Waals surface area contributed by atoms with Crippen molar-refractivity contribution in [1.82, 2.24) is 0 Å². The lowest BCUT2D eigenvalue weighted by atomic mass is 9.86. The van der Waals surface area contributed by atoms with Gasteiger partial charge < -0.3 is 9.84 Å². The third kappa shape index (κ3) is 1.69. The molecule has 84 valence electrons. The fourth-order valence-electron chi connectivity index (χ4n) is 2.90. The first-order valence-corrected chi connectivity index (χ1v) is 5.55. The van der Waals surface area contributed by atoms with Crippen molar-refractivity contribution in [3.8, 4) is 0 Å². The number of rotatable bonds is 2. The minimum Gasteiger partial charge on any atom is -0.459 e. The Balaban J connectivity index is 1.98. The van der Waals surface area contributed by atoms with E-state index in [-0.39, 0.29) is 24.1 Å². The zero-order chi connectivity index (χ0) is 11.2. The maximum Gasteiger partial charge on any atom is 0.333 e. The summed E-state index contributed by atoms with van der Waals surface area (Å²) in [5.41, 5.74) is 0.431. The summed E-state index contributed by atoms with van der Waals surface area (Å²) in [7, 11) is 0. The van der Waals surface area contributed by atoms with Crippen LogP contribution in [0.1, 0.15) is 26.7 Å². The summed E-state index contributed by atoms with van der Waals surface area (Å²) in [6, 6.07) is 0. The molecule has 5 atom stereocenters. The van der Waals surface area contributed by atoms with Crippen molar-refractivity contribution in [3.63, 3.8) is 0 Å². The molecule has 0 aliphatic heterocycles. The first-order valence-electron chi connectivity index (χ1n) is 5.55. The van der Waals surface area contributed by atoms with Gasteiger partial charge in [-0.2, -0.15) is 0 Å². The minimum absolute atomic E-state index is 0.0922. The van der Waals surface area contributed by atoms with Crippen LogP contribution in [0.25, 0.3) is 0 Å². The zero-order valence-electron chi connectivity index (χ0n) is 9.27. The standard InChI is InChI=1S/C12H18O3/c1-6(2)12(14)15-10-5-8-4-9(10)11(13)7(8)3/h7-11,13H,1,4-5H2,2-3H3. The van der Waals surface area contributed by atoms with Gasteiger partial charge in [-0.3, -0.25) is 0 Å².